The lowest BCUT2D eigenvalue weighted by Gasteiger charge is -2.32. The number of carboxylic acid groups (broad SMARTS) is 4. The van der Waals surface area contributed by atoms with Gasteiger partial charge in [-0.2, -0.15) is 0 Å². The van der Waals surface area contributed by atoms with Gasteiger partial charge in [-0.05, 0) is 83.7 Å². The van der Waals surface area contributed by atoms with Crippen LogP contribution in [0.15, 0.2) is 48.5 Å². The second-order valence-electron chi connectivity index (χ2n) is 10.3. The van der Waals surface area contributed by atoms with Crippen LogP contribution in [-0.4, -0.2) is 67.9 Å². The number of rotatable bonds is 15. The van der Waals surface area contributed by atoms with Crippen molar-refractivity contribution in [2.75, 3.05) is 13.1 Å². The van der Waals surface area contributed by atoms with Crippen LogP contribution < -0.4 is 5.73 Å². The largest absolute Gasteiger partial charge is 0.508 e. The van der Waals surface area contributed by atoms with Gasteiger partial charge >= 0.3 is 12.3 Å². The minimum Gasteiger partial charge on any atom is -0.508 e. The molecular formula is C31H50N2O7. The minimum atomic E-state index is -1.83. The molecule has 0 bridgehead atoms. The Balaban J connectivity index is 0.00000167. The van der Waals surface area contributed by atoms with Crippen molar-refractivity contribution in [2.45, 2.75) is 97.1 Å². The highest BCUT2D eigenvalue weighted by atomic mass is 16.6. The van der Waals surface area contributed by atoms with E-state index < -0.39 is 12.3 Å². The van der Waals surface area contributed by atoms with Gasteiger partial charge in [0.15, 0.2) is 0 Å². The van der Waals surface area contributed by atoms with Crippen LogP contribution in [-0.2, 0) is 6.42 Å². The highest BCUT2D eigenvalue weighted by Crippen LogP contribution is 2.35. The second-order valence-corrected chi connectivity index (χ2v) is 10.3. The molecule has 0 radical (unpaired) electrons. The molecule has 2 rings (SSSR count). The van der Waals surface area contributed by atoms with Gasteiger partial charge in [0.2, 0.25) is 0 Å². The van der Waals surface area contributed by atoms with E-state index in [0.29, 0.717) is 17.8 Å². The van der Waals surface area contributed by atoms with Crippen molar-refractivity contribution in [1.29, 1.82) is 0 Å². The normalized spacial score (nSPS) is 11.4. The predicted molar refractivity (Wildman–Crippen MR) is 160 cm³/mol. The lowest BCUT2D eigenvalue weighted by molar-refractivity contribution is 0.135. The number of benzene rings is 2. The summed E-state index contributed by atoms with van der Waals surface area (Å²) >= 11 is 0. The van der Waals surface area contributed by atoms with Crippen molar-refractivity contribution in [3.63, 3.8) is 0 Å². The highest BCUT2D eigenvalue weighted by molar-refractivity contribution is 5.53. The van der Waals surface area contributed by atoms with Crippen molar-refractivity contribution in [2.24, 2.45) is 5.73 Å². The van der Waals surface area contributed by atoms with Gasteiger partial charge in [0.1, 0.15) is 5.75 Å². The molecule has 0 unspecified atom stereocenters. The maximum absolute atomic E-state index is 10.8. The Bertz CT molecular complexity index is 924. The molecule has 7 N–H and O–H groups in total. The molecule has 0 aromatic heterocycles. The van der Waals surface area contributed by atoms with Crippen LogP contribution in [0.4, 0.5) is 9.59 Å². The summed E-state index contributed by atoms with van der Waals surface area (Å²) in [6, 6.07) is 18.0. The molecular weight excluding hydrogens is 512 g/mol. The number of nitrogens with zero attached hydrogens (tertiary/aromatic N) is 1. The van der Waals surface area contributed by atoms with Crippen molar-refractivity contribution in [3.05, 3.63) is 65.2 Å². The van der Waals surface area contributed by atoms with Crippen LogP contribution in [0.1, 0.15) is 95.2 Å². The molecule has 0 heterocycles. The number of aryl methyl sites for hydroxylation is 1. The van der Waals surface area contributed by atoms with Crippen molar-refractivity contribution in [1.82, 2.24) is 4.90 Å². The molecule has 1 atom stereocenters. The van der Waals surface area contributed by atoms with Crippen molar-refractivity contribution >= 4 is 12.3 Å². The predicted octanol–water partition coefficient (Wildman–Crippen LogP) is 7.32. The number of hydrogen-bond acceptors (Lipinski definition) is 5. The first-order valence-corrected chi connectivity index (χ1v) is 14.1. The Morgan fingerprint density at radius 3 is 1.77 bits per heavy atom. The van der Waals surface area contributed by atoms with Crippen molar-refractivity contribution in [3.8, 4) is 5.75 Å². The average Bonchev–Trinajstić information content (AvgIpc) is 2.87. The molecule has 0 fully saturated rings. The summed E-state index contributed by atoms with van der Waals surface area (Å²) < 4.78 is 0. The molecule has 40 heavy (non-hydrogen) atoms. The smallest absolute Gasteiger partial charge is 0.503 e. The Hall–Kier alpha value is -3.30. The molecule has 0 aliphatic carbocycles. The van der Waals surface area contributed by atoms with Crippen LogP contribution in [0.5, 0.6) is 5.75 Å². The van der Waals surface area contributed by atoms with Crippen LogP contribution in [0.2, 0.25) is 0 Å². The lowest BCUT2D eigenvalue weighted by Crippen LogP contribution is -2.38. The van der Waals surface area contributed by atoms with E-state index >= 15 is 0 Å². The number of aromatic hydroxyl groups is 1. The topological polar surface area (TPSA) is 165 Å². The van der Waals surface area contributed by atoms with Gasteiger partial charge < -0.3 is 31.3 Å². The first kappa shape index (κ1) is 36.7. The number of carbonyl (C=O) groups is 2. The summed E-state index contributed by atoms with van der Waals surface area (Å²) in [6.07, 6.45) is 5.86. The molecule has 0 aliphatic rings. The maximum Gasteiger partial charge on any atom is 0.503 e. The third-order valence-corrected chi connectivity index (χ3v) is 6.59. The van der Waals surface area contributed by atoms with Gasteiger partial charge in [-0.25, -0.2) is 9.59 Å². The number of phenols is 1. The third-order valence-electron chi connectivity index (χ3n) is 6.59. The first-order chi connectivity index (χ1) is 18.9. The summed E-state index contributed by atoms with van der Waals surface area (Å²) in [5.41, 5.74) is 9.28. The van der Waals surface area contributed by atoms with E-state index in [1.165, 1.54) is 43.2 Å². The maximum atomic E-state index is 10.8. The molecule has 0 amide bonds. The van der Waals surface area contributed by atoms with E-state index in [1.807, 2.05) is 6.07 Å². The molecule has 9 heteroatoms. The second kappa shape index (κ2) is 21.5. The Morgan fingerprint density at radius 2 is 1.27 bits per heavy atom. The van der Waals surface area contributed by atoms with Crippen LogP contribution in [0.3, 0.4) is 0 Å². The van der Waals surface area contributed by atoms with E-state index in [9.17, 15) is 5.11 Å². The first-order valence-electron chi connectivity index (χ1n) is 14.1. The van der Waals surface area contributed by atoms with E-state index in [0.717, 1.165) is 37.9 Å². The fourth-order valence-corrected chi connectivity index (χ4v) is 4.80. The fraction of sp³-hybridized carbons (Fsp3) is 0.548. The summed E-state index contributed by atoms with van der Waals surface area (Å²) in [5.74, 6) is 0.623. The molecule has 0 saturated carbocycles. The van der Waals surface area contributed by atoms with E-state index in [-0.39, 0.29) is 5.92 Å². The Kier molecular flexibility index (Phi) is 19.7. The summed E-state index contributed by atoms with van der Waals surface area (Å²) in [6.45, 7) is 10.9. The Morgan fingerprint density at radius 1 is 0.775 bits per heavy atom. The van der Waals surface area contributed by atoms with Gasteiger partial charge in [-0.3, -0.25) is 4.90 Å². The SMILES string of the molecule is CC(C)N(CC[C@H](c1ccccc1)c1cc(CCCCCCCCN)ccc1O)C(C)C.O=C(O)O.O=C(O)O. The molecule has 9 nitrogen and oxygen atoms in total. The zero-order valence-corrected chi connectivity index (χ0v) is 24.5. The minimum absolute atomic E-state index is 0.201. The van der Waals surface area contributed by atoms with Crippen LogP contribution in [0.25, 0.3) is 0 Å². The van der Waals surface area contributed by atoms with Crippen LogP contribution in [0, 0.1) is 0 Å². The highest BCUT2D eigenvalue weighted by Gasteiger charge is 2.21. The summed E-state index contributed by atoms with van der Waals surface area (Å²) in [4.78, 5) is 19.7. The number of unbranched alkanes of at least 4 members (excludes halogenated alkanes) is 5. The van der Waals surface area contributed by atoms with Crippen LogP contribution >= 0.6 is 0 Å². The fourth-order valence-electron chi connectivity index (χ4n) is 4.80. The Labute approximate surface area is 239 Å². The van der Waals surface area contributed by atoms with Gasteiger partial charge in [0.05, 0.1) is 0 Å². The van der Waals surface area contributed by atoms with E-state index in [4.69, 9.17) is 35.7 Å². The van der Waals surface area contributed by atoms with Crippen molar-refractivity contribution < 1.29 is 35.1 Å². The average molecular weight is 563 g/mol. The molecule has 0 saturated heterocycles. The van der Waals surface area contributed by atoms with Gasteiger partial charge in [0, 0.05) is 23.6 Å². The molecule has 0 spiro atoms. The lowest BCUT2D eigenvalue weighted by atomic mass is 9.86. The molecule has 2 aromatic rings. The monoisotopic (exact) mass is 562 g/mol. The number of phenolic OH excluding ortho intramolecular Hbond substituents is 1. The van der Waals surface area contributed by atoms with E-state index in [2.05, 4.69) is 75.1 Å². The van der Waals surface area contributed by atoms with Gasteiger partial charge in [-0.15, -0.1) is 0 Å². The van der Waals surface area contributed by atoms with Gasteiger partial charge in [0.25, 0.3) is 0 Å². The van der Waals surface area contributed by atoms with Gasteiger partial charge in [-0.1, -0.05) is 68.1 Å². The molecule has 2 aromatic carbocycles. The zero-order valence-electron chi connectivity index (χ0n) is 24.5. The third kappa shape index (κ3) is 17.3. The summed E-state index contributed by atoms with van der Waals surface area (Å²) in [5, 5.41) is 38.7. The quantitative estimate of drug-likeness (QED) is 0.122. The van der Waals surface area contributed by atoms with E-state index in [1.54, 1.807) is 0 Å². The molecule has 226 valence electrons. The number of hydrogen-bond donors (Lipinski definition) is 6. The number of nitrogens with two attached hydrogens (primary N) is 1. The molecule has 0 aliphatic heterocycles. The standard InChI is InChI=1S/C29H46N2O.2CH2O3/c1-23(2)31(24(3)4)21-19-27(26-15-11-9-12-16-26)28-22-25(17-18-29(28)32)14-10-7-5-6-8-13-20-30;2*2-1(3)4/h9,11-12,15-18,22-24,27,32H,5-8,10,13-14,19-21,30H2,1-4H3;2*(H2,2,3,4)/t27-;;/m1../s1. The zero-order chi connectivity index (χ0) is 30.5. The summed E-state index contributed by atoms with van der Waals surface area (Å²) in [7, 11) is 0.